The molecule has 3 aromatic rings. The van der Waals surface area contributed by atoms with Crippen LogP contribution < -0.4 is 4.74 Å². The van der Waals surface area contributed by atoms with Gasteiger partial charge in [-0.25, -0.2) is 23.1 Å². The highest BCUT2D eigenvalue weighted by Crippen LogP contribution is 2.31. The summed E-state index contributed by atoms with van der Waals surface area (Å²) in [4.78, 5) is 16.3. The van der Waals surface area contributed by atoms with Crippen molar-refractivity contribution in [1.29, 1.82) is 0 Å². The number of rotatable bonds is 4. The number of aromatic nitrogens is 3. The van der Waals surface area contributed by atoms with Crippen LogP contribution in [0.4, 0.5) is 8.78 Å². The lowest BCUT2D eigenvalue weighted by molar-refractivity contribution is 0.0521. The van der Waals surface area contributed by atoms with Crippen LogP contribution in [0.1, 0.15) is 17.4 Å². The van der Waals surface area contributed by atoms with Crippen LogP contribution in [0.15, 0.2) is 30.5 Å². The highest BCUT2D eigenvalue weighted by atomic mass is 19.1. The van der Waals surface area contributed by atoms with Crippen molar-refractivity contribution in [3.63, 3.8) is 0 Å². The number of esters is 1. The number of carbonyl (C=O) groups excluding carboxylic acids is 1. The molecular formula is C16H13F2N3O3. The molecule has 3 rings (SSSR count). The fourth-order valence-electron chi connectivity index (χ4n) is 2.38. The Labute approximate surface area is 135 Å². The molecule has 0 bridgehead atoms. The minimum atomic E-state index is -0.895. The second-order valence-corrected chi connectivity index (χ2v) is 4.80. The zero-order valence-electron chi connectivity index (χ0n) is 12.9. The summed E-state index contributed by atoms with van der Waals surface area (Å²) in [5, 5.41) is 4.09. The number of fused-ring (bicyclic) bond motifs is 1. The van der Waals surface area contributed by atoms with Crippen molar-refractivity contribution >= 4 is 11.6 Å². The van der Waals surface area contributed by atoms with E-state index in [9.17, 15) is 13.6 Å². The maximum absolute atomic E-state index is 14.1. The van der Waals surface area contributed by atoms with Gasteiger partial charge < -0.3 is 9.47 Å². The molecule has 6 nitrogen and oxygen atoms in total. The molecule has 0 radical (unpaired) electrons. The maximum atomic E-state index is 14.1. The fourth-order valence-corrected chi connectivity index (χ4v) is 2.38. The highest BCUT2D eigenvalue weighted by molar-refractivity contribution is 5.95. The van der Waals surface area contributed by atoms with Crippen molar-refractivity contribution in [1.82, 2.24) is 14.6 Å². The molecule has 124 valence electrons. The molecule has 0 unspecified atom stereocenters. The Bertz CT molecular complexity index is 901. The minimum absolute atomic E-state index is 0.0699. The molecule has 0 aliphatic rings. The van der Waals surface area contributed by atoms with Gasteiger partial charge in [-0.3, -0.25) is 0 Å². The zero-order valence-corrected chi connectivity index (χ0v) is 12.9. The molecule has 0 amide bonds. The molecule has 0 aliphatic carbocycles. The molecular weight excluding hydrogens is 320 g/mol. The SMILES string of the molecule is CCOC(=O)c1nc2cccnn2c1-c1cc(F)c(OC)c(F)c1. The van der Waals surface area contributed by atoms with Crippen LogP contribution in [0.25, 0.3) is 16.9 Å². The largest absolute Gasteiger partial charge is 0.491 e. The predicted molar refractivity (Wildman–Crippen MR) is 80.8 cm³/mol. The minimum Gasteiger partial charge on any atom is -0.491 e. The number of hydrogen-bond acceptors (Lipinski definition) is 5. The third-order valence-electron chi connectivity index (χ3n) is 3.34. The summed E-state index contributed by atoms with van der Waals surface area (Å²) >= 11 is 0. The Kier molecular flexibility index (Phi) is 4.11. The van der Waals surface area contributed by atoms with Crippen molar-refractivity contribution in [3.05, 3.63) is 47.8 Å². The Morgan fingerprint density at radius 1 is 1.29 bits per heavy atom. The van der Waals surface area contributed by atoms with Crippen LogP contribution in [-0.2, 0) is 4.74 Å². The maximum Gasteiger partial charge on any atom is 0.359 e. The molecule has 0 spiro atoms. The average molecular weight is 333 g/mol. The number of benzene rings is 1. The smallest absolute Gasteiger partial charge is 0.359 e. The van der Waals surface area contributed by atoms with E-state index in [-0.39, 0.29) is 23.6 Å². The summed E-state index contributed by atoms with van der Waals surface area (Å²) in [5.74, 6) is -2.99. The average Bonchev–Trinajstić information content (AvgIpc) is 2.94. The second kappa shape index (κ2) is 6.23. The first-order chi connectivity index (χ1) is 11.6. The summed E-state index contributed by atoms with van der Waals surface area (Å²) in [5.41, 5.74) is 0.524. The van der Waals surface area contributed by atoms with Gasteiger partial charge >= 0.3 is 5.97 Å². The zero-order chi connectivity index (χ0) is 17.3. The van der Waals surface area contributed by atoms with Crippen LogP contribution >= 0.6 is 0 Å². The quantitative estimate of drug-likeness (QED) is 0.687. The molecule has 2 aromatic heterocycles. The predicted octanol–water partition coefficient (Wildman–Crippen LogP) is 2.86. The van der Waals surface area contributed by atoms with Crippen molar-refractivity contribution in [2.75, 3.05) is 13.7 Å². The first-order valence-corrected chi connectivity index (χ1v) is 7.11. The molecule has 0 saturated carbocycles. The summed E-state index contributed by atoms with van der Waals surface area (Å²) in [6.45, 7) is 1.79. The number of hydrogen-bond donors (Lipinski definition) is 0. The van der Waals surface area contributed by atoms with Crippen LogP contribution in [0, 0.1) is 11.6 Å². The van der Waals surface area contributed by atoms with Gasteiger partial charge in [-0.1, -0.05) is 0 Å². The fraction of sp³-hybridized carbons (Fsp3) is 0.188. The topological polar surface area (TPSA) is 65.7 Å². The van der Waals surface area contributed by atoms with Gasteiger partial charge in [0.15, 0.2) is 28.7 Å². The van der Waals surface area contributed by atoms with Gasteiger partial charge in [-0.2, -0.15) is 5.10 Å². The van der Waals surface area contributed by atoms with Gasteiger partial charge in [0.05, 0.1) is 13.7 Å². The van der Waals surface area contributed by atoms with Crippen molar-refractivity contribution in [2.24, 2.45) is 0 Å². The molecule has 24 heavy (non-hydrogen) atoms. The molecule has 2 heterocycles. The molecule has 0 saturated heterocycles. The van der Waals surface area contributed by atoms with E-state index in [1.165, 1.54) is 17.8 Å². The number of carbonyl (C=O) groups is 1. The third-order valence-corrected chi connectivity index (χ3v) is 3.34. The van der Waals surface area contributed by atoms with E-state index in [2.05, 4.69) is 14.8 Å². The van der Waals surface area contributed by atoms with E-state index >= 15 is 0 Å². The lowest BCUT2D eigenvalue weighted by atomic mass is 10.1. The number of ether oxygens (including phenoxy) is 2. The van der Waals surface area contributed by atoms with Crippen molar-refractivity contribution < 1.29 is 23.0 Å². The number of methoxy groups -OCH3 is 1. The second-order valence-electron chi connectivity index (χ2n) is 4.80. The molecule has 0 N–H and O–H groups in total. The van der Waals surface area contributed by atoms with Gasteiger partial charge in [0.2, 0.25) is 0 Å². The van der Waals surface area contributed by atoms with Crippen LogP contribution in [0.5, 0.6) is 5.75 Å². The van der Waals surface area contributed by atoms with Crippen LogP contribution in [0.3, 0.4) is 0 Å². The molecule has 0 atom stereocenters. The van der Waals surface area contributed by atoms with Gasteiger partial charge in [-0.15, -0.1) is 0 Å². The highest BCUT2D eigenvalue weighted by Gasteiger charge is 2.24. The summed E-state index contributed by atoms with van der Waals surface area (Å²) in [6, 6.07) is 5.37. The molecule has 1 aromatic carbocycles. The van der Waals surface area contributed by atoms with Crippen molar-refractivity contribution in [3.8, 4) is 17.0 Å². The number of halogens is 2. The van der Waals surface area contributed by atoms with E-state index in [0.717, 1.165) is 12.1 Å². The van der Waals surface area contributed by atoms with Crippen LogP contribution in [0.2, 0.25) is 0 Å². The summed E-state index contributed by atoms with van der Waals surface area (Å²) in [7, 11) is 1.17. The first kappa shape index (κ1) is 15.9. The van der Waals surface area contributed by atoms with Gasteiger partial charge in [-0.05, 0) is 31.2 Å². The molecule has 0 aliphatic heterocycles. The van der Waals surface area contributed by atoms with Crippen LogP contribution in [-0.4, -0.2) is 34.3 Å². The standard InChI is InChI=1S/C16H13F2N3O3/c1-3-24-16(22)13-14(21-12(20-13)5-4-6-19-21)9-7-10(17)15(23-2)11(18)8-9/h4-8H,3H2,1-2H3. The van der Waals surface area contributed by atoms with Crippen molar-refractivity contribution in [2.45, 2.75) is 6.92 Å². The normalized spacial score (nSPS) is 10.8. The Morgan fingerprint density at radius 2 is 2.00 bits per heavy atom. The lowest BCUT2D eigenvalue weighted by Gasteiger charge is -2.08. The summed E-state index contributed by atoms with van der Waals surface area (Å²) < 4.78 is 39.1. The lowest BCUT2D eigenvalue weighted by Crippen LogP contribution is -2.07. The van der Waals surface area contributed by atoms with E-state index < -0.39 is 23.4 Å². The van der Waals surface area contributed by atoms with E-state index in [1.54, 1.807) is 19.1 Å². The Balaban J connectivity index is 2.28. The first-order valence-electron chi connectivity index (χ1n) is 7.11. The number of imidazole rings is 1. The monoisotopic (exact) mass is 333 g/mol. The number of nitrogens with zero attached hydrogens (tertiary/aromatic N) is 3. The Morgan fingerprint density at radius 3 is 2.62 bits per heavy atom. The summed E-state index contributed by atoms with van der Waals surface area (Å²) in [6.07, 6.45) is 1.48. The van der Waals surface area contributed by atoms with E-state index in [1.807, 2.05) is 0 Å². The van der Waals surface area contributed by atoms with Gasteiger partial charge in [0.1, 0.15) is 5.69 Å². The van der Waals surface area contributed by atoms with E-state index in [4.69, 9.17) is 4.74 Å². The Hall–Kier alpha value is -3.03. The molecule has 8 heteroatoms. The third kappa shape index (κ3) is 2.55. The van der Waals surface area contributed by atoms with Gasteiger partial charge in [0.25, 0.3) is 0 Å². The molecule has 0 fully saturated rings. The van der Waals surface area contributed by atoms with Gasteiger partial charge in [0, 0.05) is 11.8 Å². The van der Waals surface area contributed by atoms with E-state index in [0.29, 0.717) is 5.65 Å².